The smallest absolute Gasteiger partial charge is 0.150 e. The summed E-state index contributed by atoms with van der Waals surface area (Å²) in [5.41, 5.74) is 2.57. The highest BCUT2D eigenvalue weighted by molar-refractivity contribution is 6.29. The fraction of sp³-hybridized carbons (Fsp3) is 0. The zero-order valence-electron chi connectivity index (χ0n) is 7.85. The van der Waals surface area contributed by atoms with Crippen molar-refractivity contribution in [3.63, 3.8) is 0 Å². The number of aldehydes is 1. The topological polar surface area (TPSA) is 30.0 Å². The number of hydrogen-bond acceptors (Lipinski definition) is 2. The van der Waals surface area contributed by atoms with E-state index in [1.54, 1.807) is 18.3 Å². The summed E-state index contributed by atoms with van der Waals surface area (Å²) in [6.45, 7) is 0. The standard InChI is InChI=1S/C12H8ClNO/c13-12-7-11(4-5-14-12)10-3-1-2-9(6-10)8-15/h1-8H. The molecule has 0 amide bonds. The molecule has 0 aliphatic carbocycles. The van der Waals surface area contributed by atoms with Crippen LogP contribution < -0.4 is 0 Å². The van der Waals surface area contributed by atoms with Crippen molar-refractivity contribution in [1.29, 1.82) is 0 Å². The van der Waals surface area contributed by atoms with E-state index < -0.39 is 0 Å². The maximum atomic E-state index is 10.6. The normalized spacial score (nSPS) is 9.93. The molecule has 0 bridgehead atoms. The fourth-order valence-corrected chi connectivity index (χ4v) is 1.55. The maximum absolute atomic E-state index is 10.6. The summed E-state index contributed by atoms with van der Waals surface area (Å²) in [5, 5.41) is 0.448. The summed E-state index contributed by atoms with van der Waals surface area (Å²) >= 11 is 5.79. The van der Waals surface area contributed by atoms with E-state index in [-0.39, 0.29) is 0 Å². The van der Waals surface area contributed by atoms with Gasteiger partial charge in [-0.2, -0.15) is 0 Å². The van der Waals surface area contributed by atoms with Crippen LogP contribution in [0.15, 0.2) is 42.6 Å². The lowest BCUT2D eigenvalue weighted by Crippen LogP contribution is -1.83. The number of benzene rings is 1. The molecule has 1 aromatic carbocycles. The molecule has 0 unspecified atom stereocenters. The van der Waals surface area contributed by atoms with Crippen LogP contribution in [0.2, 0.25) is 5.15 Å². The molecule has 74 valence electrons. The predicted octanol–water partition coefficient (Wildman–Crippen LogP) is 3.21. The number of hydrogen-bond donors (Lipinski definition) is 0. The Bertz CT molecular complexity index is 496. The van der Waals surface area contributed by atoms with Crippen molar-refractivity contribution in [2.75, 3.05) is 0 Å². The van der Waals surface area contributed by atoms with Gasteiger partial charge in [0.25, 0.3) is 0 Å². The number of carbonyl (C=O) groups excluding carboxylic acids is 1. The predicted molar refractivity (Wildman–Crippen MR) is 60.1 cm³/mol. The van der Waals surface area contributed by atoms with Gasteiger partial charge in [-0.1, -0.05) is 29.8 Å². The first-order valence-electron chi connectivity index (χ1n) is 4.47. The molecule has 0 aliphatic rings. The van der Waals surface area contributed by atoms with Gasteiger partial charge in [-0.05, 0) is 29.3 Å². The third-order valence-corrected chi connectivity index (χ3v) is 2.29. The summed E-state index contributed by atoms with van der Waals surface area (Å²) in [6.07, 6.45) is 2.47. The van der Waals surface area contributed by atoms with Crippen LogP contribution in [0.1, 0.15) is 10.4 Å². The lowest BCUT2D eigenvalue weighted by Gasteiger charge is -2.01. The Hall–Kier alpha value is -1.67. The Morgan fingerprint density at radius 2 is 1.93 bits per heavy atom. The van der Waals surface area contributed by atoms with Crippen LogP contribution in [0.25, 0.3) is 11.1 Å². The first-order chi connectivity index (χ1) is 7.29. The molecule has 0 N–H and O–H groups in total. The van der Waals surface area contributed by atoms with Crippen LogP contribution in [0.3, 0.4) is 0 Å². The van der Waals surface area contributed by atoms with Crippen molar-refractivity contribution in [3.05, 3.63) is 53.3 Å². The zero-order chi connectivity index (χ0) is 10.7. The number of aromatic nitrogens is 1. The minimum atomic E-state index is 0.448. The average molecular weight is 218 g/mol. The molecule has 2 rings (SSSR count). The molecule has 0 aliphatic heterocycles. The number of halogens is 1. The molecule has 0 saturated carbocycles. The van der Waals surface area contributed by atoms with Crippen LogP contribution in [0, 0.1) is 0 Å². The molecule has 3 heteroatoms. The highest BCUT2D eigenvalue weighted by Gasteiger charge is 1.99. The SMILES string of the molecule is O=Cc1cccc(-c2ccnc(Cl)c2)c1. The van der Waals surface area contributed by atoms with E-state index in [0.29, 0.717) is 10.7 Å². The third kappa shape index (κ3) is 2.22. The molecule has 1 heterocycles. The summed E-state index contributed by atoms with van der Waals surface area (Å²) < 4.78 is 0. The lowest BCUT2D eigenvalue weighted by atomic mass is 10.1. The largest absolute Gasteiger partial charge is 0.298 e. The molecule has 2 aromatic rings. The number of carbonyl (C=O) groups is 1. The van der Waals surface area contributed by atoms with Crippen molar-refractivity contribution in [3.8, 4) is 11.1 Å². The van der Waals surface area contributed by atoms with E-state index in [1.165, 1.54) is 0 Å². The van der Waals surface area contributed by atoms with Gasteiger partial charge in [0.15, 0.2) is 0 Å². The second kappa shape index (κ2) is 4.24. The Labute approximate surface area is 92.5 Å². The van der Waals surface area contributed by atoms with Gasteiger partial charge in [-0.25, -0.2) is 4.98 Å². The van der Waals surface area contributed by atoms with Crippen molar-refractivity contribution in [2.24, 2.45) is 0 Å². The highest BCUT2D eigenvalue weighted by atomic mass is 35.5. The molecule has 0 saturated heterocycles. The summed E-state index contributed by atoms with van der Waals surface area (Å²) in [4.78, 5) is 14.5. The Morgan fingerprint density at radius 3 is 2.67 bits per heavy atom. The van der Waals surface area contributed by atoms with E-state index in [4.69, 9.17) is 11.6 Å². The molecule has 0 spiro atoms. The third-order valence-electron chi connectivity index (χ3n) is 2.08. The lowest BCUT2D eigenvalue weighted by molar-refractivity contribution is 0.112. The fourth-order valence-electron chi connectivity index (χ4n) is 1.37. The quantitative estimate of drug-likeness (QED) is 0.571. The zero-order valence-corrected chi connectivity index (χ0v) is 8.61. The van der Waals surface area contributed by atoms with Crippen molar-refractivity contribution in [2.45, 2.75) is 0 Å². The van der Waals surface area contributed by atoms with Crippen LogP contribution in [-0.4, -0.2) is 11.3 Å². The molecular weight excluding hydrogens is 210 g/mol. The molecule has 0 fully saturated rings. The van der Waals surface area contributed by atoms with Gasteiger partial charge in [-0.15, -0.1) is 0 Å². The van der Waals surface area contributed by atoms with Crippen LogP contribution in [0.5, 0.6) is 0 Å². The first kappa shape index (κ1) is 9.87. The van der Waals surface area contributed by atoms with Gasteiger partial charge >= 0.3 is 0 Å². The van der Waals surface area contributed by atoms with Crippen molar-refractivity contribution in [1.82, 2.24) is 4.98 Å². The Morgan fingerprint density at radius 1 is 1.13 bits per heavy atom. The molecule has 1 aromatic heterocycles. The van der Waals surface area contributed by atoms with E-state index >= 15 is 0 Å². The molecule has 2 nitrogen and oxygen atoms in total. The maximum Gasteiger partial charge on any atom is 0.150 e. The minimum absolute atomic E-state index is 0.448. The van der Waals surface area contributed by atoms with E-state index in [9.17, 15) is 4.79 Å². The van der Waals surface area contributed by atoms with Gasteiger partial charge < -0.3 is 0 Å². The second-order valence-electron chi connectivity index (χ2n) is 3.11. The van der Waals surface area contributed by atoms with E-state index in [2.05, 4.69) is 4.98 Å². The van der Waals surface area contributed by atoms with Crippen molar-refractivity contribution < 1.29 is 4.79 Å². The average Bonchev–Trinajstić information content (AvgIpc) is 2.29. The number of nitrogens with zero attached hydrogens (tertiary/aromatic N) is 1. The van der Waals surface area contributed by atoms with Gasteiger partial charge in [0.2, 0.25) is 0 Å². The summed E-state index contributed by atoms with van der Waals surface area (Å²) in [7, 11) is 0. The summed E-state index contributed by atoms with van der Waals surface area (Å²) in [6, 6.07) is 11.0. The Kier molecular flexibility index (Phi) is 2.79. The first-order valence-corrected chi connectivity index (χ1v) is 4.84. The van der Waals surface area contributed by atoms with Crippen LogP contribution in [-0.2, 0) is 0 Å². The minimum Gasteiger partial charge on any atom is -0.298 e. The van der Waals surface area contributed by atoms with Gasteiger partial charge in [-0.3, -0.25) is 4.79 Å². The van der Waals surface area contributed by atoms with Gasteiger partial charge in [0.05, 0.1) is 0 Å². The van der Waals surface area contributed by atoms with E-state index in [1.807, 2.05) is 24.3 Å². The van der Waals surface area contributed by atoms with Crippen molar-refractivity contribution >= 4 is 17.9 Å². The monoisotopic (exact) mass is 217 g/mol. The molecule has 15 heavy (non-hydrogen) atoms. The number of pyridine rings is 1. The highest BCUT2D eigenvalue weighted by Crippen LogP contribution is 2.21. The van der Waals surface area contributed by atoms with Gasteiger partial charge in [0.1, 0.15) is 11.4 Å². The van der Waals surface area contributed by atoms with Crippen LogP contribution in [0.4, 0.5) is 0 Å². The molecule has 0 radical (unpaired) electrons. The summed E-state index contributed by atoms with van der Waals surface area (Å²) in [5.74, 6) is 0. The van der Waals surface area contributed by atoms with E-state index in [0.717, 1.165) is 17.4 Å². The Balaban J connectivity index is 2.49. The van der Waals surface area contributed by atoms with Crippen LogP contribution >= 0.6 is 11.6 Å². The number of rotatable bonds is 2. The molecular formula is C12H8ClNO. The molecule has 0 atom stereocenters. The second-order valence-corrected chi connectivity index (χ2v) is 3.50. The van der Waals surface area contributed by atoms with Gasteiger partial charge in [0, 0.05) is 11.8 Å².